The second-order valence-corrected chi connectivity index (χ2v) is 10.00. The predicted octanol–water partition coefficient (Wildman–Crippen LogP) is 5.88. The van der Waals surface area contributed by atoms with Crippen molar-refractivity contribution in [3.05, 3.63) is 86.8 Å². The molecule has 0 saturated carbocycles. The molecule has 1 amide bonds. The molecule has 2 N–H and O–H groups in total. The molecule has 184 valence electrons. The number of carboxylic acid groups (broad SMARTS) is 1. The van der Waals surface area contributed by atoms with Gasteiger partial charge in [-0.3, -0.25) is 4.79 Å². The van der Waals surface area contributed by atoms with Crippen molar-refractivity contribution >= 4 is 68.0 Å². The van der Waals surface area contributed by atoms with Crippen molar-refractivity contribution in [2.24, 2.45) is 0 Å². The lowest BCUT2D eigenvalue weighted by molar-refractivity contribution is 0.0698. The molecule has 0 bridgehead atoms. The maximum absolute atomic E-state index is 13.8. The van der Waals surface area contributed by atoms with Gasteiger partial charge in [0.1, 0.15) is 10.7 Å². The van der Waals surface area contributed by atoms with Crippen LogP contribution in [0.2, 0.25) is 10.2 Å². The number of para-hydroxylation sites is 1. The number of anilines is 2. The monoisotopic (exact) mass is 540 g/mol. The number of aromatic carboxylic acids is 1. The number of thiophene rings is 1. The van der Waals surface area contributed by atoms with Crippen molar-refractivity contribution in [3.8, 4) is 0 Å². The highest BCUT2D eigenvalue weighted by atomic mass is 35.5. The van der Waals surface area contributed by atoms with Gasteiger partial charge in [0.2, 0.25) is 0 Å². The molecule has 1 fully saturated rings. The number of hydrogen-bond acceptors (Lipinski definition) is 6. The lowest BCUT2D eigenvalue weighted by atomic mass is 10.1. The van der Waals surface area contributed by atoms with Gasteiger partial charge in [-0.2, -0.15) is 0 Å². The Morgan fingerprint density at radius 3 is 2.39 bits per heavy atom. The van der Waals surface area contributed by atoms with Crippen LogP contribution in [0.15, 0.2) is 60.0 Å². The molecule has 0 spiro atoms. The Balaban J connectivity index is 1.46. The van der Waals surface area contributed by atoms with E-state index in [0.717, 1.165) is 11.3 Å². The Morgan fingerprint density at radius 2 is 1.69 bits per heavy atom. The van der Waals surface area contributed by atoms with Gasteiger partial charge in [-0.1, -0.05) is 65.7 Å². The summed E-state index contributed by atoms with van der Waals surface area (Å²) in [5, 5.41) is 15.1. The van der Waals surface area contributed by atoms with Crippen molar-refractivity contribution < 1.29 is 14.7 Å². The molecule has 1 saturated heterocycles. The van der Waals surface area contributed by atoms with Gasteiger partial charge < -0.3 is 20.2 Å². The molecule has 2 aromatic carbocycles. The molecule has 0 aliphatic carbocycles. The number of nitrogens with one attached hydrogen (secondary N) is 1. The normalized spacial score (nSPS) is 13.7. The smallest absolute Gasteiger partial charge is 0.338 e. The average Bonchev–Trinajstić information content (AvgIpc) is 3.31. The van der Waals surface area contributed by atoms with Crippen LogP contribution in [-0.2, 0) is 6.54 Å². The summed E-state index contributed by atoms with van der Waals surface area (Å²) in [5.41, 5.74) is 3.05. The first-order valence-corrected chi connectivity index (χ1v) is 13.0. The third-order valence-electron chi connectivity index (χ3n) is 6.17. The van der Waals surface area contributed by atoms with Crippen LogP contribution in [-0.4, -0.2) is 53.0 Å². The van der Waals surface area contributed by atoms with Crippen molar-refractivity contribution in [3.63, 3.8) is 0 Å². The van der Waals surface area contributed by atoms with Crippen molar-refractivity contribution in [2.45, 2.75) is 6.54 Å². The van der Waals surface area contributed by atoms with Crippen molar-refractivity contribution in [1.82, 2.24) is 9.88 Å². The van der Waals surface area contributed by atoms with Crippen LogP contribution in [0.5, 0.6) is 0 Å². The number of hydrogen-bond donors (Lipinski definition) is 2. The van der Waals surface area contributed by atoms with Gasteiger partial charge in [0.05, 0.1) is 32.2 Å². The Labute approximate surface area is 221 Å². The second kappa shape index (κ2) is 10.3. The first-order chi connectivity index (χ1) is 17.4. The SMILES string of the molecule is O=C(O)c1csc2c(NCc3ccccc3)c(C(=O)N3CCN(c4ccccc4Cl)CC3)c(Cl)nc12. The molecule has 1 aliphatic heterocycles. The minimum Gasteiger partial charge on any atom is -0.478 e. The number of aromatic nitrogens is 1. The van der Waals surface area contributed by atoms with Crippen molar-refractivity contribution in [2.75, 3.05) is 36.4 Å². The summed E-state index contributed by atoms with van der Waals surface area (Å²) in [6.45, 7) is 2.66. The maximum Gasteiger partial charge on any atom is 0.338 e. The summed E-state index contributed by atoms with van der Waals surface area (Å²) >= 11 is 14.2. The van der Waals surface area contributed by atoms with Gasteiger partial charge in [-0.05, 0) is 17.7 Å². The van der Waals surface area contributed by atoms with Gasteiger partial charge in [-0.25, -0.2) is 9.78 Å². The number of halogens is 2. The van der Waals surface area contributed by atoms with E-state index in [2.05, 4.69) is 15.2 Å². The third-order valence-corrected chi connectivity index (χ3v) is 7.75. The Bertz CT molecular complexity index is 1440. The zero-order chi connectivity index (χ0) is 25.2. The van der Waals surface area contributed by atoms with E-state index in [9.17, 15) is 14.7 Å². The minimum absolute atomic E-state index is 0.0162. The zero-order valence-corrected chi connectivity index (χ0v) is 21.4. The van der Waals surface area contributed by atoms with E-state index in [1.54, 1.807) is 4.90 Å². The van der Waals surface area contributed by atoms with E-state index in [-0.39, 0.29) is 27.7 Å². The molecule has 0 unspecified atom stereocenters. The fraction of sp³-hybridized carbons (Fsp3) is 0.192. The molecule has 5 rings (SSSR count). The van der Waals surface area contributed by atoms with E-state index >= 15 is 0 Å². The highest BCUT2D eigenvalue weighted by Gasteiger charge is 2.30. The number of nitrogens with zero attached hydrogens (tertiary/aromatic N) is 3. The summed E-state index contributed by atoms with van der Waals surface area (Å²) in [5.74, 6) is -1.33. The van der Waals surface area contributed by atoms with Crippen LogP contribution in [0.25, 0.3) is 10.2 Å². The highest BCUT2D eigenvalue weighted by Crippen LogP contribution is 2.38. The molecule has 4 aromatic rings. The molecule has 2 aromatic heterocycles. The summed E-state index contributed by atoms with van der Waals surface area (Å²) in [7, 11) is 0. The number of benzene rings is 2. The molecule has 7 nitrogen and oxygen atoms in total. The molecule has 0 radical (unpaired) electrons. The molecular formula is C26H22Cl2N4O3S. The van der Waals surface area contributed by atoms with Crippen LogP contribution in [0.3, 0.4) is 0 Å². The second-order valence-electron chi connectivity index (χ2n) is 8.35. The van der Waals surface area contributed by atoms with Gasteiger partial charge in [0.25, 0.3) is 5.91 Å². The molecule has 36 heavy (non-hydrogen) atoms. The largest absolute Gasteiger partial charge is 0.478 e. The van der Waals surface area contributed by atoms with E-state index < -0.39 is 5.97 Å². The number of carbonyl (C=O) groups is 2. The number of amides is 1. The maximum atomic E-state index is 13.8. The first-order valence-electron chi connectivity index (χ1n) is 11.3. The average molecular weight is 541 g/mol. The minimum atomic E-state index is -1.09. The summed E-state index contributed by atoms with van der Waals surface area (Å²) in [6, 6.07) is 17.4. The van der Waals surface area contributed by atoms with E-state index in [0.29, 0.717) is 48.1 Å². The molecule has 0 atom stereocenters. The van der Waals surface area contributed by atoms with Crippen LogP contribution < -0.4 is 10.2 Å². The van der Waals surface area contributed by atoms with Crippen LogP contribution in [0.4, 0.5) is 11.4 Å². The number of rotatable bonds is 6. The third kappa shape index (κ3) is 4.72. The Morgan fingerprint density at radius 1 is 1.00 bits per heavy atom. The molecular weight excluding hydrogens is 519 g/mol. The van der Waals surface area contributed by atoms with Gasteiger partial charge in [0.15, 0.2) is 0 Å². The van der Waals surface area contributed by atoms with Gasteiger partial charge >= 0.3 is 5.97 Å². The van der Waals surface area contributed by atoms with E-state index in [1.807, 2.05) is 54.6 Å². The predicted molar refractivity (Wildman–Crippen MR) is 145 cm³/mol. The summed E-state index contributed by atoms with van der Waals surface area (Å²) in [4.78, 5) is 33.7. The number of piperazine rings is 1. The number of pyridine rings is 1. The fourth-order valence-electron chi connectivity index (χ4n) is 4.33. The Kier molecular flexibility index (Phi) is 7.00. The molecule has 10 heteroatoms. The lowest BCUT2D eigenvalue weighted by Gasteiger charge is -2.36. The molecule has 1 aliphatic rings. The van der Waals surface area contributed by atoms with Gasteiger partial charge in [-0.15, -0.1) is 11.3 Å². The van der Waals surface area contributed by atoms with E-state index in [4.69, 9.17) is 23.2 Å². The standard InChI is InChI=1S/C26H22Cl2N4O3S/c27-18-8-4-5-9-19(18)31-10-12-32(13-11-31)25(33)20-22(29-14-16-6-2-1-3-7-16)23-21(30-24(20)28)17(15-36-23)26(34)35/h1-9,15H,10-14H2,(H,29,30)(H,34,35). The van der Waals surface area contributed by atoms with Crippen LogP contribution in [0, 0.1) is 0 Å². The summed E-state index contributed by atoms with van der Waals surface area (Å²) in [6.07, 6.45) is 0. The first kappa shape index (κ1) is 24.4. The zero-order valence-electron chi connectivity index (χ0n) is 19.1. The van der Waals surface area contributed by atoms with Crippen LogP contribution >= 0.6 is 34.5 Å². The lowest BCUT2D eigenvalue weighted by Crippen LogP contribution is -2.49. The van der Waals surface area contributed by atoms with Crippen molar-refractivity contribution in [1.29, 1.82) is 0 Å². The number of fused-ring (bicyclic) bond motifs is 1. The quantitative estimate of drug-likeness (QED) is 0.297. The van der Waals surface area contributed by atoms with E-state index in [1.165, 1.54) is 16.7 Å². The van der Waals surface area contributed by atoms with Crippen LogP contribution in [0.1, 0.15) is 26.3 Å². The van der Waals surface area contributed by atoms with Gasteiger partial charge in [0, 0.05) is 38.1 Å². The Hall–Kier alpha value is -3.33. The highest BCUT2D eigenvalue weighted by molar-refractivity contribution is 7.18. The number of carbonyl (C=O) groups excluding carboxylic acids is 1. The summed E-state index contributed by atoms with van der Waals surface area (Å²) < 4.78 is 0.589. The molecule has 3 heterocycles. The fourth-order valence-corrected chi connectivity index (χ4v) is 5.85. The topological polar surface area (TPSA) is 85.8 Å². The number of carboxylic acids is 1.